The second-order valence-electron chi connectivity index (χ2n) is 3.71. The van der Waals surface area contributed by atoms with Crippen LogP contribution in [0.25, 0.3) is 0 Å². The first kappa shape index (κ1) is 12.7. The molecule has 0 aliphatic rings. The first-order valence-electron chi connectivity index (χ1n) is 5.24. The molecule has 4 heteroatoms. The largest absolute Gasteiger partial charge is 0.229 e. The number of benzene rings is 1. The van der Waals surface area contributed by atoms with Crippen LogP contribution < -0.4 is 0 Å². The van der Waals surface area contributed by atoms with E-state index in [0.29, 0.717) is 6.42 Å². The monoisotopic (exact) mass is 237 g/mol. The summed E-state index contributed by atoms with van der Waals surface area (Å²) in [6.45, 7) is 1.82. The molecule has 86 valence electrons. The molecule has 1 rings (SSSR count). The van der Waals surface area contributed by atoms with E-state index in [9.17, 15) is 8.42 Å². The molecular formula is C12H15NO2S. The Morgan fingerprint density at radius 1 is 1.31 bits per heavy atom. The highest BCUT2D eigenvalue weighted by atomic mass is 32.2. The van der Waals surface area contributed by atoms with E-state index in [1.165, 1.54) is 0 Å². The van der Waals surface area contributed by atoms with Gasteiger partial charge in [-0.15, -0.1) is 0 Å². The van der Waals surface area contributed by atoms with Crippen molar-refractivity contribution in [1.82, 2.24) is 0 Å². The minimum absolute atomic E-state index is 0.0820. The summed E-state index contributed by atoms with van der Waals surface area (Å²) in [4.78, 5) is 0. The summed E-state index contributed by atoms with van der Waals surface area (Å²) in [5, 5.41) is 9.00. The Labute approximate surface area is 96.6 Å². The minimum Gasteiger partial charge on any atom is -0.229 e. The zero-order valence-corrected chi connectivity index (χ0v) is 10.1. The third-order valence-corrected chi connectivity index (χ3v) is 4.16. The van der Waals surface area contributed by atoms with Crippen molar-refractivity contribution >= 4 is 9.84 Å². The minimum atomic E-state index is -3.11. The molecule has 1 aromatic carbocycles. The van der Waals surface area contributed by atoms with Gasteiger partial charge in [0.25, 0.3) is 0 Å². The highest BCUT2D eigenvalue weighted by Gasteiger charge is 2.19. The Hall–Kier alpha value is -1.34. The predicted octanol–water partition coefficient (Wildman–Crippen LogP) is 2.12. The summed E-state index contributed by atoms with van der Waals surface area (Å²) >= 11 is 0. The van der Waals surface area contributed by atoms with Gasteiger partial charge in [-0.3, -0.25) is 0 Å². The van der Waals surface area contributed by atoms with Gasteiger partial charge in [-0.1, -0.05) is 37.3 Å². The SMILES string of the molecule is CCCS(=O)(=O)CC(C#N)c1ccccc1. The van der Waals surface area contributed by atoms with E-state index < -0.39 is 15.8 Å². The fourth-order valence-electron chi connectivity index (χ4n) is 1.54. The van der Waals surface area contributed by atoms with Gasteiger partial charge in [-0.05, 0) is 12.0 Å². The van der Waals surface area contributed by atoms with Gasteiger partial charge < -0.3 is 0 Å². The summed E-state index contributed by atoms with van der Waals surface area (Å²) in [7, 11) is -3.11. The zero-order valence-electron chi connectivity index (χ0n) is 9.26. The fourth-order valence-corrected chi connectivity index (χ4v) is 3.11. The highest BCUT2D eigenvalue weighted by Crippen LogP contribution is 2.17. The van der Waals surface area contributed by atoms with Crippen LogP contribution in [0.1, 0.15) is 24.8 Å². The average Bonchev–Trinajstić information content (AvgIpc) is 2.27. The topological polar surface area (TPSA) is 57.9 Å². The Bertz CT molecular complexity index is 460. The highest BCUT2D eigenvalue weighted by molar-refractivity contribution is 7.91. The average molecular weight is 237 g/mol. The third kappa shape index (κ3) is 3.67. The molecule has 0 spiro atoms. The molecule has 0 N–H and O–H groups in total. The fraction of sp³-hybridized carbons (Fsp3) is 0.417. The van der Waals surface area contributed by atoms with Crippen molar-refractivity contribution in [1.29, 1.82) is 5.26 Å². The molecule has 0 heterocycles. The standard InChI is InChI=1S/C12H15NO2S/c1-2-8-16(14,15)10-12(9-13)11-6-4-3-5-7-11/h3-7,12H,2,8,10H2,1H3. The van der Waals surface area contributed by atoms with E-state index in [4.69, 9.17) is 5.26 Å². The van der Waals surface area contributed by atoms with Gasteiger partial charge in [0.15, 0.2) is 9.84 Å². The third-order valence-electron chi connectivity index (χ3n) is 2.29. The van der Waals surface area contributed by atoms with Gasteiger partial charge in [0.1, 0.15) is 0 Å². The van der Waals surface area contributed by atoms with Crippen LogP contribution in [0.3, 0.4) is 0 Å². The lowest BCUT2D eigenvalue weighted by atomic mass is 10.0. The molecule has 0 saturated heterocycles. The maximum atomic E-state index is 11.6. The van der Waals surface area contributed by atoms with Crippen LogP contribution in [0.2, 0.25) is 0 Å². The first-order valence-corrected chi connectivity index (χ1v) is 7.06. The van der Waals surface area contributed by atoms with Crippen LogP contribution in [0.15, 0.2) is 30.3 Å². The molecule has 0 amide bonds. The molecule has 16 heavy (non-hydrogen) atoms. The lowest BCUT2D eigenvalue weighted by molar-refractivity contribution is 0.592. The quantitative estimate of drug-likeness (QED) is 0.788. The number of nitriles is 1. The summed E-state index contributed by atoms with van der Waals surface area (Å²) in [6.07, 6.45) is 0.593. The maximum Gasteiger partial charge on any atom is 0.151 e. The molecule has 0 fully saturated rings. The normalized spacial score (nSPS) is 13.0. The first-order chi connectivity index (χ1) is 7.59. The lowest BCUT2D eigenvalue weighted by Crippen LogP contribution is -2.16. The summed E-state index contributed by atoms with van der Waals surface area (Å²) in [5.74, 6) is -0.489. The molecule has 1 aromatic rings. The molecule has 0 radical (unpaired) electrons. The predicted molar refractivity (Wildman–Crippen MR) is 63.7 cm³/mol. The zero-order chi connectivity index (χ0) is 12.0. The summed E-state index contributed by atoms with van der Waals surface area (Å²) in [5.41, 5.74) is 0.768. The second kappa shape index (κ2) is 5.66. The van der Waals surface area contributed by atoms with E-state index >= 15 is 0 Å². The van der Waals surface area contributed by atoms with Gasteiger partial charge in [-0.2, -0.15) is 5.26 Å². The van der Waals surface area contributed by atoms with Crippen LogP contribution >= 0.6 is 0 Å². The van der Waals surface area contributed by atoms with Gasteiger partial charge in [0.05, 0.1) is 17.7 Å². The Balaban J connectivity index is 2.83. The molecule has 1 atom stereocenters. The molecule has 0 bridgehead atoms. The van der Waals surface area contributed by atoms with E-state index in [1.54, 1.807) is 12.1 Å². The van der Waals surface area contributed by atoms with Crippen molar-refractivity contribution in [3.63, 3.8) is 0 Å². The van der Waals surface area contributed by atoms with Crippen LogP contribution in [-0.4, -0.2) is 19.9 Å². The van der Waals surface area contributed by atoms with E-state index in [2.05, 4.69) is 6.07 Å². The Kier molecular flexibility index (Phi) is 4.51. The molecule has 0 aliphatic carbocycles. The van der Waals surface area contributed by atoms with E-state index in [-0.39, 0.29) is 11.5 Å². The van der Waals surface area contributed by atoms with Crippen LogP contribution in [0.5, 0.6) is 0 Å². The van der Waals surface area contributed by atoms with Crippen molar-refractivity contribution < 1.29 is 8.42 Å². The number of hydrogen-bond acceptors (Lipinski definition) is 3. The number of hydrogen-bond donors (Lipinski definition) is 0. The van der Waals surface area contributed by atoms with Crippen LogP contribution in [0.4, 0.5) is 0 Å². The number of rotatable bonds is 5. The van der Waals surface area contributed by atoms with Gasteiger partial charge in [-0.25, -0.2) is 8.42 Å². The van der Waals surface area contributed by atoms with Crippen LogP contribution in [0, 0.1) is 11.3 Å². The summed E-state index contributed by atoms with van der Waals surface area (Å²) in [6, 6.07) is 11.1. The van der Waals surface area contributed by atoms with Gasteiger partial charge in [0.2, 0.25) is 0 Å². The smallest absolute Gasteiger partial charge is 0.151 e. The van der Waals surface area contributed by atoms with Crippen molar-refractivity contribution in [3.05, 3.63) is 35.9 Å². The second-order valence-corrected chi connectivity index (χ2v) is 5.94. The van der Waals surface area contributed by atoms with Crippen molar-refractivity contribution in [2.75, 3.05) is 11.5 Å². The number of nitrogens with zero attached hydrogens (tertiary/aromatic N) is 1. The molecule has 0 aromatic heterocycles. The van der Waals surface area contributed by atoms with E-state index in [1.807, 2.05) is 25.1 Å². The lowest BCUT2D eigenvalue weighted by Gasteiger charge is -2.09. The summed E-state index contributed by atoms with van der Waals surface area (Å²) < 4.78 is 23.2. The number of sulfone groups is 1. The molecule has 0 aliphatic heterocycles. The Morgan fingerprint density at radius 3 is 2.44 bits per heavy atom. The van der Waals surface area contributed by atoms with Crippen molar-refractivity contribution in [3.8, 4) is 6.07 Å². The van der Waals surface area contributed by atoms with Crippen molar-refractivity contribution in [2.45, 2.75) is 19.3 Å². The van der Waals surface area contributed by atoms with Gasteiger partial charge >= 0.3 is 0 Å². The van der Waals surface area contributed by atoms with Crippen LogP contribution in [-0.2, 0) is 9.84 Å². The molecule has 1 unspecified atom stereocenters. The molecular weight excluding hydrogens is 222 g/mol. The Morgan fingerprint density at radius 2 is 1.94 bits per heavy atom. The maximum absolute atomic E-state index is 11.6. The van der Waals surface area contributed by atoms with Crippen molar-refractivity contribution in [2.24, 2.45) is 0 Å². The van der Waals surface area contributed by atoms with E-state index in [0.717, 1.165) is 5.56 Å². The molecule has 3 nitrogen and oxygen atoms in total. The van der Waals surface area contributed by atoms with Gasteiger partial charge in [0, 0.05) is 5.75 Å². The molecule has 0 saturated carbocycles.